The smallest absolute Gasteiger partial charge is 0.356 e. The molecule has 92 valence electrons. The summed E-state index contributed by atoms with van der Waals surface area (Å²) in [5, 5.41) is 3.93. The van der Waals surface area contributed by atoms with E-state index in [4.69, 9.17) is 11.2 Å². The number of ether oxygens (including phenoxy) is 1. The maximum atomic E-state index is 11.9. The molecule has 0 bridgehead atoms. The maximum absolute atomic E-state index is 11.9. The Bertz CT molecular complexity index is 435. The number of carbonyl (C=O) groups excluding carboxylic acids is 1. The Morgan fingerprint density at radius 2 is 2.29 bits per heavy atom. The number of nitrogens with zero attached hydrogens (tertiary/aromatic N) is 2. The summed E-state index contributed by atoms with van der Waals surface area (Å²) in [6, 6.07) is 1.62. The zero-order valence-corrected chi connectivity index (χ0v) is 10.7. The van der Waals surface area contributed by atoms with E-state index in [2.05, 4.69) is 11.0 Å². The standard InChI is InChI=1S/C13H18N2O2/c1-6-7-11(13(2,3)4)17-12(16)10-8-9-14-15(10)5/h1,8-9,11H,7H2,2-5H3/t11-/m0/s1. The Morgan fingerprint density at radius 3 is 2.71 bits per heavy atom. The molecule has 0 N–H and O–H groups in total. The average molecular weight is 234 g/mol. The number of esters is 1. The monoisotopic (exact) mass is 234 g/mol. The lowest BCUT2D eigenvalue weighted by Gasteiger charge is -2.28. The summed E-state index contributed by atoms with van der Waals surface area (Å²) >= 11 is 0. The van der Waals surface area contributed by atoms with E-state index < -0.39 is 0 Å². The van der Waals surface area contributed by atoms with Gasteiger partial charge in [0.25, 0.3) is 0 Å². The van der Waals surface area contributed by atoms with Crippen LogP contribution in [-0.4, -0.2) is 21.9 Å². The zero-order valence-electron chi connectivity index (χ0n) is 10.7. The summed E-state index contributed by atoms with van der Waals surface area (Å²) in [5.74, 6) is 2.15. The summed E-state index contributed by atoms with van der Waals surface area (Å²) in [5.41, 5.74) is 0.247. The number of rotatable bonds is 3. The zero-order chi connectivity index (χ0) is 13.1. The van der Waals surface area contributed by atoms with E-state index in [0.29, 0.717) is 12.1 Å². The predicted molar refractivity (Wildman–Crippen MR) is 65.3 cm³/mol. The van der Waals surface area contributed by atoms with Gasteiger partial charge in [-0.05, 0) is 11.5 Å². The number of hydrogen-bond acceptors (Lipinski definition) is 3. The minimum absolute atomic E-state index is 0.180. The van der Waals surface area contributed by atoms with Gasteiger partial charge < -0.3 is 4.74 Å². The summed E-state index contributed by atoms with van der Waals surface area (Å²) in [6.45, 7) is 5.97. The van der Waals surface area contributed by atoms with Crippen LogP contribution in [0.2, 0.25) is 0 Å². The summed E-state index contributed by atoms with van der Waals surface area (Å²) in [4.78, 5) is 11.9. The molecule has 1 heterocycles. The first-order valence-electron chi connectivity index (χ1n) is 5.48. The van der Waals surface area contributed by atoms with Gasteiger partial charge in [-0.2, -0.15) is 5.10 Å². The van der Waals surface area contributed by atoms with Crippen molar-refractivity contribution in [3.8, 4) is 12.3 Å². The van der Waals surface area contributed by atoms with Crippen molar-refractivity contribution in [3.05, 3.63) is 18.0 Å². The lowest BCUT2D eigenvalue weighted by atomic mass is 9.87. The van der Waals surface area contributed by atoms with E-state index in [1.807, 2.05) is 20.8 Å². The summed E-state index contributed by atoms with van der Waals surface area (Å²) in [7, 11) is 1.70. The van der Waals surface area contributed by atoms with Crippen molar-refractivity contribution in [1.82, 2.24) is 9.78 Å². The van der Waals surface area contributed by atoms with Crippen LogP contribution in [-0.2, 0) is 11.8 Å². The molecule has 0 saturated heterocycles. The summed E-state index contributed by atoms with van der Waals surface area (Å²) < 4.78 is 6.92. The van der Waals surface area contributed by atoms with Crippen LogP contribution >= 0.6 is 0 Å². The first-order valence-corrected chi connectivity index (χ1v) is 5.48. The van der Waals surface area contributed by atoms with Gasteiger partial charge in [-0.25, -0.2) is 4.79 Å². The molecule has 0 aliphatic rings. The molecule has 0 aliphatic heterocycles. The van der Waals surface area contributed by atoms with Gasteiger partial charge >= 0.3 is 5.97 Å². The van der Waals surface area contributed by atoms with Gasteiger partial charge in [0, 0.05) is 19.7 Å². The van der Waals surface area contributed by atoms with Gasteiger partial charge in [-0.3, -0.25) is 4.68 Å². The normalized spacial score (nSPS) is 12.9. The number of terminal acetylenes is 1. The van der Waals surface area contributed by atoms with Crippen molar-refractivity contribution in [1.29, 1.82) is 0 Å². The third-order valence-electron chi connectivity index (χ3n) is 2.55. The molecule has 4 nitrogen and oxygen atoms in total. The van der Waals surface area contributed by atoms with Crippen molar-refractivity contribution in [2.75, 3.05) is 0 Å². The Labute approximate surface area is 102 Å². The lowest BCUT2D eigenvalue weighted by Crippen LogP contribution is -2.32. The number of aromatic nitrogens is 2. The largest absolute Gasteiger partial charge is 0.456 e. The van der Waals surface area contributed by atoms with E-state index in [1.165, 1.54) is 4.68 Å². The Hall–Kier alpha value is -1.76. The molecule has 0 unspecified atom stereocenters. The number of hydrogen-bond donors (Lipinski definition) is 0. The van der Waals surface area contributed by atoms with Crippen LogP contribution in [0, 0.1) is 17.8 Å². The third-order valence-corrected chi connectivity index (χ3v) is 2.55. The molecule has 0 radical (unpaired) electrons. The molecule has 0 fully saturated rings. The Balaban J connectivity index is 2.79. The molecule has 1 aromatic heterocycles. The maximum Gasteiger partial charge on any atom is 0.356 e. The van der Waals surface area contributed by atoms with Crippen molar-refractivity contribution in [2.24, 2.45) is 12.5 Å². The highest BCUT2D eigenvalue weighted by Gasteiger charge is 2.28. The van der Waals surface area contributed by atoms with Crippen LogP contribution in [0.4, 0.5) is 0 Å². The van der Waals surface area contributed by atoms with E-state index in [0.717, 1.165) is 0 Å². The number of carbonyl (C=O) groups is 1. The molecular formula is C13H18N2O2. The van der Waals surface area contributed by atoms with Crippen LogP contribution in [0.1, 0.15) is 37.7 Å². The summed E-state index contributed by atoms with van der Waals surface area (Å²) in [6.07, 6.45) is 6.96. The molecule has 0 spiro atoms. The van der Waals surface area contributed by atoms with Gasteiger partial charge in [0.1, 0.15) is 11.8 Å². The molecule has 17 heavy (non-hydrogen) atoms. The minimum Gasteiger partial charge on any atom is -0.456 e. The second kappa shape index (κ2) is 5.05. The molecule has 0 amide bonds. The molecule has 0 aliphatic carbocycles. The van der Waals surface area contributed by atoms with Crippen molar-refractivity contribution in [3.63, 3.8) is 0 Å². The van der Waals surface area contributed by atoms with Gasteiger partial charge in [-0.15, -0.1) is 12.3 Å². The fourth-order valence-electron chi connectivity index (χ4n) is 1.40. The molecule has 4 heteroatoms. The predicted octanol–water partition coefficient (Wildman–Crippen LogP) is 2.01. The molecular weight excluding hydrogens is 216 g/mol. The van der Waals surface area contributed by atoms with E-state index in [-0.39, 0.29) is 17.5 Å². The fraction of sp³-hybridized carbons (Fsp3) is 0.538. The highest BCUT2D eigenvalue weighted by molar-refractivity contribution is 5.87. The minimum atomic E-state index is -0.389. The molecule has 0 saturated carbocycles. The van der Waals surface area contributed by atoms with Crippen molar-refractivity contribution < 1.29 is 9.53 Å². The van der Waals surface area contributed by atoms with Gasteiger partial charge in [-0.1, -0.05) is 20.8 Å². The molecule has 1 rings (SSSR count). The molecule has 0 aromatic carbocycles. The quantitative estimate of drug-likeness (QED) is 0.593. The van der Waals surface area contributed by atoms with Crippen LogP contribution in [0.15, 0.2) is 12.3 Å². The van der Waals surface area contributed by atoms with Crippen LogP contribution in [0.25, 0.3) is 0 Å². The fourth-order valence-corrected chi connectivity index (χ4v) is 1.40. The highest BCUT2D eigenvalue weighted by Crippen LogP contribution is 2.25. The number of aryl methyl sites for hydroxylation is 1. The molecule has 1 aromatic rings. The van der Waals surface area contributed by atoms with E-state index in [1.54, 1.807) is 19.3 Å². The molecule has 1 atom stereocenters. The SMILES string of the molecule is C#CC[C@H](OC(=O)c1ccnn1C)C(C)(C)C. The van der Waals surface area contributed by atoms with Crippen molar-refractivity contribution >= 4 is 5.97 Å². The van der Waals surface area contributed by atoms with Gasteiger partial charge in [0.05, 0.1) is 0 Å². The van der Waals surface area contributed by atoms with E-state index in [9.17, 15) is 4.79 Å². The van der Waals surface area contributed by atoms with Crippen LogP contribution < -0.4 is 0 Å². The van der Waals surface area contributed by atoms with Crippen LogP contribution in [0.5, 0.6) is 0 Å². The Morgan fingerprint density at radius 1 is 1.65 bits per heavy atom. The van der Waals surface area contributed by atoms with Gasteiger partial charge in [0.15, 0.2) is 0 Å². The highest BCUT2D eigenvalue weighted by atomic mass is 16.5. The Kier molecular flexibility index (Phi) is 3.95. The topological polar surface area (TPSA) is 44.1 Å². The first-order chi connectivity index (χ1) is 7.86. The van der Waals surface area contributed by atoms with Crippen molar-refractivity contribution in [2.45, 2.75) is 33.3 Å². The van der Waals surface area contributed by atoms with Crippen LogP contribution in [0.3, 0.4) is 0 Å². The first kappa shape index (κ1) is 13.3. The van der Waals surface area contributed by atoms with Gasteiger partial charge in [0.2, 0.25) is 0 Å². The second-order valence-corrected chi connectivity index (χ2v) is 5.01. The average Bonchev–Trinajstić information content (AvgIpc) is 2.62. The third kappa shape index (κ3) is 3.35. The second-order valence-electron chi connectivity index (χ2n) is 5.01. The lowest BCUT2D eigenvalue weighted by molar-refractivity contribution is -0.00161. The van der Waals surface area contributed by atoms with E-state index >= 15 is 0 Å².